The fraction of sp³-hybridized carbons (Fsp3) is 0.235. The number of rotatable bonds is 3. The van der Waals surface area contributed by atoms with Gasteiger partial charge in [0.25, 0.3) is 0 Å². The molecule has 0 aromatic heterocycles. The number of carbonyl (C=O) groups is 1. The summed E-state index contributed by atoms with van der Waals surface area (Å²) < 4.78 is 0. The van der Waals surface area contributed by atoms with Gasteiger partial charge in [-0.2, -0.15) is 0 Å². The molecule has 0 unspecified atom stereocenters. The molecule has 3 nitrogen and oxygen atoms in total. The number of carboxylic acid groups (broad SMARTS) is 1. The first-order chi connectivity index (χ1) is 9.66. The number of hydrogen-bond acceptors (Lipinski definition) is 2. The van der Waals surface area contributed by atoms with Crippen LogP contribution in [0.25, 0.3) is 0 Å². The second-order valence-corrected chi connectivity index (χ2v) is 5.31. The largest absolute Gasteiger partial charge is 0.480 e. The lowest BCUT2D eigenvalue weighted by molar-refractivity contribution is -0.138. The Hall–Kier alpha value is -2.13. The van der Waals surface area contributed by atoms with Crippen LogP contribution in [-0.4, -0.2) is 17.1 Å². The van der Waals surface area contributed by atoms with Crippen LogP contribution in [0.15, 0.2) is 48.5 Å². The highest BCUT2D eigenvalue weighted by Crippen LogP contribution is 2.38. The van der Waals surface area contributed by atoms with E-state index in [0.29, 0.717) is 6.42 Å². The van der Waals surface area contributed by atoms with E-state index >= 15 is 0 Å². The molecule has 1 aliphatic rings. The maximum Gasteiger partial charge on any atom is 0.320 e. The number of fused-ring (bicyclic) bond motifs is 2. The van der Waals surface area contributed by atoms with Crippen LogP contribution in [0.4, 0.5) is 0 Å². The van der Waals surface area contributed by atoms with Crippen LogP contribution in [0.3, 0.4) is 0 Å². The average Bonchev–Trinajstić information content (AvgIpc) is 2.46. The Morgan fingerprint density at radius 1 is 1.10 bits per heavy atom. The first-order valence-electron chi connectivity index (χ1n) is 6.81. The molecule has 102 valence electrons. The zero-order chi connectivity index (χ0) is 14.1. The highest BCUT2D eigenvalue weighted by Gasteiger charge is 2.28. The molecule has 3 heteroatoms. The average molecular weight is 267 g/mol. The molecule has 0 bridgehead atoms. The van der Waals surface area contributed by atoms with Gasteiger partial charge in [0.05, 0.1) is 0 Å². The van der Waals surface area contributed by atoms with E-state index in [9.17, 15) is 4.79 Å². The van der Waals surface area contributed by atoms with Crippen molar-refractivity contribution in [2.45, 2.75) is 24.8 Å². The van der Waals surface area contributed by atoms with Gasteiger partial charge < -0.3 is 10.8 Å². The third-order valence-corrected chi connectivity index (χ3v) is 4.05. The third kappa shape index (κ3) is 2.21. The van der Waals surface area contributed by atoms with Gasteiger partial charge in [-0.15, -0.1) is 0 Å². The number of carboxylic acids is 1. The molecule has 2 aromatic carbocycles. The fourth-order valence-electron chi connectivity index (χ4n) is 3.05. The fourth-order valence-corrected chi connectivity index (χ4v) is 3.05. The van der Waals surface area contributed by atoms with Crippen molar-refractivity contribution >= 4 is 5.97 Å². The summed E-state index contributed by atoms with van der Waals surface area (Å²) in [6, 6.07) is 15.6. The van der Waals surface area contributed by atoms with Crippen molar-refractivity contribution in [3.63, 3.8) is 0 Å². The van der Waals surface area contributed by atoms with Crippen LogP contribution in [0.5, 0.6) is 0 Å². The minimum atomic E-state index is -0.939. The van der Waals surface area contributed by atoms with Crippen LogP contribution < -0.4 is 5.73 Å². The molecular weight excluding hydrogens is 250 g/mol. The van der Waals surface area contributed by atoms with Crippen molar-refractivity contribution in [3.8, 4) is 0 Å². The number of nitrogens with two attached hydrogens (primary N) is 1. The van der Waals surface area contributed by atoms with Crippen molar-refractivity contribution in [2.75, 3.05) is 0 Å². The molecular formula is C17H17NO2. The first-order valence-corrected chi connectivity index (χ1v) is 6.81. The molecule has 3 N–H and O–H groups in total. The van der Waals surface area contributed by atoms with Gasteiger partial charge in [-0.25, -0.2) is 0 Å². The molecule has 0 aliphatic heterocycles. The van der Waals surface area contributed by atoms with Gasteiger partial charge in [-0.1, -0.05) is 48.5 Å². The SMILES string of the molecule is N[C@@H](CC1c2ccccc2Cc2ccccc21)C(=O)O. The zero-order valence-electron chi connectivity index (χ0n) is 11.1. The van der Waals surface area contributed by atoms with Crippen LogP contribution in [-0.2, 0) is 11.2 Å². The van der Waals surface area contributed by atoms with E-state index in [1.54, 1.807) is 0 Å². The lowest BCUT2D eigenvalue weighted by Crippen LogP contribution is -2.33. The van der Waals surface area contributed by atoms with E-state index in [4.69, 9.17) is 10.8 Å². The van der Waals surface area contributed by atoms with E-state index in [1.165, 1.54) is 22.3 Å². The Morgan fingerprint density at radius 3 is 2.10 bits per heavy atom. The Kier molecular flexibility index (Phi) is 3.28. The van der Waals surface area contributed by atoms with Gasteiger partial charge in [-0.3, -0.25) is 4.79 Å². The Morgan fingerprint density at radius 2 is 1.60 bits per heavy atom. The monoisotopic (exact) mass is 267 g/mol. The summed E-state index contributed by atoms with van der Waals surface area (Å²) in [5.74, 6) is -0.868. The van der Waals surface area contributed by atoms with Gasteiger partial charge in [0.2, 0.25) is 0 Å². The van der Waals surface area contributed by atoms with Crippen molar-refractivity contribution in [3.05, 3.63) is 70.8 Å². The molecule has 0 spiro atoms. The standard InChI is InChI=1S/C17H17NO2/c18-16(17(19)20)10-15-13-7-3-1-5-11(13)9-12-6-2-4-8-14(12)15/h1-8,15-16H,9-10,18H2,(H,19,20)/t16-/m0/s1. The summed E-state index contributed by atoms with van der Waals surface area (Å²) in [7, 11) is 0. The number of hydrogen-bond donors (Lipinski definition) is 2. The molecule has 0 fully saturated rings. The first kappa shape index (κ1) is 12.9. The summed E-state index contributed by atoms with van der Waals surface area (Å²) in [4.78, 5) is 11.1. The minimum absolute atomic E-state index is 0.0715. The number of benzene rings is 2. The minimum Gasteiger partial charge on any atom is -0.480 e. The lowest BCUT2D eigenvalue weighted by Gasteiger charge is -2.29. The van der Waals surface area contributed by atoms with E-state index in [1.807, 2.05) is 24.3 Å². The quantitative estimate of drug-likeness (QED) is 0.898. The van der Waals surface area contributed by atoms with Crippen molar-refractivity contribution in [1.82, 2.24) is 0 Å². The normalized spacial score (nSPS) is 15.2. The van der Waals surface area contributed by atoms with E-state index in [0.717, 1.165) is 6.42 Å². The number of aliphatic carboxylic acids is 1. The Labute approximate surface area is 118 Å². The highest BCUT2D eigenvalue weighted by atomic mass is 16.4. The predicted octanol–water partition coefficient (Wildman–Crippen LogP) is 2.52. The second kappa shape index (κ2) is 5.10. The summed E-state index contributed by atoms with van der Waals surface area (Å²) in [5.41, 5.74) is 10.7. The topological polar surface area (TPSA) is 63.3 Å². The van der Waals surface area contributed by atoms with Gasteiger partial charge in [0.15, 0.2) is 0 Å². The summed E-state index contributed by atoms with van der Waals surface area (Å²) in [6.07, 6.45) is 1.34. The molecule has 1 aliphatic carbocycles. The van der Waals surface area contributed by atoms with Crippen LogP contribution >= 0.6 is 0 Å². The molecule has 20 heavy (non-hydrogen) atoms. The molecule has 0 saturated heterocycles. The molecule has 2 aromatic rings. The lowest BCUT2D eigenvalue weighted by atomic mass is 9.75. The van der Waals surface area contributed by atoms with Crippen LogP contribution in [0.1, 0.15) is 34.6 Å². The molecule has 1 atom stereocenters. The Balaban J connectivity index is 2.05. The molecule has 0 saturated carbocycles. The third-order valence-electron chi connectivity index (χ3n) is 4.05. The maximum atomic E-state index is 11.1. The van der Waals surface area contributed by atoms with Gasteiger partial charge >= 0.3 is 5.97 Å². The van der Waals surface area contributed by atoms with Gasteiger partial charge in [0, 0.05) is 5.92 Å². The predicted molar refractivity (Wildman–Crippen MR) is 77.8 cm³/mol. The van der Waals surface area contributed by atoms with Crippen molar-refractivity contribution in [1.29, 1.82) is 0 Å². The maximum absolute atomic E-state index is 11.1. The Bertz CT molecular complexity index is 605. The zero-order valence-corrected chi connectivity index (χ0v) is 11.1. The van der Waals surface area contributed by atoms with E-state index in [-0.39, 0.29) is 5.92 Å². The van der Waals surface area contributed by atoms with Crippen LogP contribution in [0, 0.1) is 0 Å². The van der Waals surface area contributed by atoms with Crippen LogP contribution in [0.2, 0.25) is 0 Å². The van der Waals surface area contributed by atoms with E-state index < -0.39 is 12.0 Å². The molecule has 0 heterocycles. The second-order valence-electron chi connectivity index (χ2n) is 5.31. The van der Waals surface area contributed by atoms with Gasteiger partial charge in [0.1, 0.15) is 6.04 Å². The highest BCUT2D eigenvalue weighted by molar-refractivity contribution is 5.73. The molecule has 0 radical (unpaired) electrons. The molecule has 0 amide bonds. The summed E-state index contributed by atoms with van der Waals surface area (Å²) >= 11 is 0. The smallest absolute Gasteiger partial charge is 0.320 e. The summed E-state index contributed by atoms with van der Waals surface area (Å²) in [6.45, 7) is 0. The van der Waals surface area contributed by atoms with Crippen molar-refractivity contribution < 1.29 is 9.90 Å². The van der Waals surface area contributed by atoms with Crippen molar-refractivity contribution in [2.24, 2.45) is 5.73 Å². The van der Waals surface area contributed by atoms with E-state index in [2.05, 4.69) is 24.3 Å². The summed E-state index contributed by atoms with van der Waals surface area (Å²) in [5, 5.41) is 9.08. The molecule has 3 rings (SSSR count). The van der Waals surface area contributed by atoms with Gasteiger partial charge in [-0.05, 0) is 35.1 Å².